The number of benzene rings is 2. The molecule has 2 saturated heterocycles. The minimum atomic E-state index is 0.200. The van der Waals surface area contributed by atoms with Gasteiger partial charge < -0.3 is 10.2 Å². The fraction of sp³-hybridized carbons (Fsp3) is 0.381. The van der Waals surface area contributed by atoms with Crippen molar-refractivity contribution in [2.24, 2.45) is 5.92 Å². The molecule has 2 fully saturated rings. The highest BCUT2D eigenvalue weighted by Gasteiger charge is 2.33. The monoisotopic (exact) mass is 335 g/mol. The summed E-state index contributed by atoms with van der Waals surface area (Å²) in [7, 11) is 0. The number of amides is 1. The van der Waals surface area contributed by atoms with E-state index in [1.165, 1.54) is 11.1 Å². The van der Waals surface area contributed by atoms with Gasteiger partial charge >= 0.3 is 0 Å². The first-order valence-electron chi connectivity index (χ1n) is 9.16. The Morgan fingerprint density at radius 3 is 1.80 bits per heavy atom. The van der Waals surface area contributed by atoms with Crippen molar-refractivity contribution in [2.75, 3.05) is 39.3 Å². The highest BCUT2D eigenvalue weighted by molar-refractivity contribution is 5.80. The Bertz CT molecular complexity index is 652. The van der Waals surface area contributed by atoms with E-state index in [2.05, 4.69) is 75.8 Å². The topological polar surface area (TPSA) is 35.6 Å². The molecule has 2 aliphatic heterocycles. The molecule has 0 bridgehead atoms. The Balaban J connectivity index is 1.50. The number of hydrogen-bond acceptors (Lipinski definition) is 3. The predicted octanol–water partition coefficient (Wildman–Crippen LogP) is 2.14. The zero-order valence-corrected chi connectivity index (χ0v) is 14.5. The molecule has 0 aromatic heterocycles. The van der Waals surface area contributed by atoms with Gasteiger partial charge in [-0.2, -0.15) is 0 Å². The number of carbonyl (C=O) groups excluding carboxylic acids is 1. The van der Waals surface area contributed by atoms with Crippen LogP contribution in [-0.2, 0) is 4.79 Å². The molecule has 2 aliphatic rings. The summed E-state index contributed by atoms with van der Waals surface area (Å²) in [5.41, 5.74) is 2.63. The van der Waals surface area contributed by atoms with E-state index >= 15 is 0 Å². The van der Waals surface area contributed by atoms with E-state index in [-0.39, 0.29) is 12.0 Å². The first kappa shape index (κ1) is 16.3. The summed E-state index contributed by atoms with van der Waals surface area (Å²) in [5.74, 6) is 0.528. The summed E-state index contributed by atoms with van der Waals surface area (Å²) < 4.78 is 0. The Labute approximate surface area is 149 Å². The lowest BCUT2D eigenvalue weighted by Crippen LogP contribution is -2.56. The number of hydrogen-bond donors (Lipinski definition) is 1. The summed E-state index contributed by atoms with van der Waals surface area (Å²) in [6.07, 6.45) is 0. The molecular weight excluding hydrogens is 310 g/mol. The second-order valence-electron chi connectivity index (χ2n) is 6.94. The van der Waals surface area contributed by atoms with E-state index in [1.54, 1.807) is 0 Å². The largest absolute Gasteiger partial charge is 0.340 e. The first-order valence-corrected chi connectivity index (χ1v) is 9.16. The Kier molecular flexibility index (Phi) is 4.81. The fourth-order valence-corrected chi connectivity index (χ4v) is 3.81. The Hall–Kier alpha value is -2.17. The molecule has 0 atom stereocenters. The van der Waals surface area contributed by atoms with Gasteiger partial charge in [-0.1, -0.05) is 60.7 Å². The highest BCUT2D eigenvalue weighted by atomic mass is 16.2. The van der Waals surface area contributed by atoms with E-state index < -0.39 is 0 Å². The maximum atomic E-state index is 12.5. The van der Waals surface area contributed by atoms with Gasteiger partial charge in [0.05, 0.1) is 12.0 Å². The molecular formula is C21H25N3O. The standard InChI is InChI=1S/C21H25N3O/c25-21(19-15-22-16-19)24-13-11-23(12-14-24)20(17-7-3-1-4-8-17)18-9-5-2-6-10-18/h1-10,19-20,22H,11-16H2. The van der Waals surface area contributed by atoms with Crippen LogP contribution < -0.4 is 5.32 Å². The molecule has 0 aliphatic carbocycles. The van der Waals surface area contributed by atoms with Gasteiger partial charge in [-0.15, -0.1) is 0 Å². The summed E-state index contributed by atoms with van der Waals surface area (Å²) in [6, 6.07) is 21.6. The molecule has 4 heteroatoms. The molecule has 4 nitrogen and oxygen atoms in total. The molecule has 0 spiro atoms. The van der Waals surface area contributed by atoms with Crippen LogP contribution in [0.25, 0.3) is 0 Å². The summed E-state index contributed by atoms with van der Waals surface area (Å²) >= 11 is 0. The highest BCUT2D eigenvalue weighted by Crippen LogP contribution is 2.29. The molecule has 130 valence electrons. The Morgan fingerprint density at radius 2 is 1.36 bits per heavy atom. The van der Waals surface area contributed by atoms with Gasteiger partial charge in [0.1, 0.15) is 0 Å². The van der Waals surface area contributed by atoms with Crippen LogP contribution in [0.1, 0.15) is 17.2 Å². The van der Waals surface area contributed by atoms with E-state index in [0.717, 1.165) is 39.3 Å². The number of rotatable bonds is 4. The minimum Gasteiger partial charge on any atom is -0.340 e. The van der Waals surface area contributed by atoms with Gasteiger partial charge in [0, 0.05) is 39.3 Å². The van der Waals surface area contributed by atoms with Crippen LogP contribution >= 0.6 is 0 Å². The molecule has 0 unspecified atom stereocenters. The third-order valence-electron chi connectivity index (χ3n) is 5.35. The van der Waals surface area contributed by atoms with Crippen LogP contribution in [0.3, 0.4) is 0 Å². The summed E-state index contributed by atoms with van der Waals surface area (Å²) in [4.78, 5) is 17.0. The van der Waals surface area contributed by atoms with Gasteiger partial charge in [-0.25, -0.2) is 0 Å². The summed E-state index contributed by atoms with van der Waals surface area (Å²) in [5, 5.41) is 3.19. The van der Waals surface area contributed by atoms with Crippen LogP contribution in [0.5, 0.6) is 0 Å². The Morgan fingerprint density at radius 1 is 0.840 bits per heavy atom. The predicted molar refractivity (Wildman–Crippen MR) is 99.2 cm³/mol. The quantitative estimate of drug-likeness (QED) is 0.930. The van der Waals surface area contributed by atoms with Crippen LogP contribution in [0.4, 0.5) is 0 Å². The molecule has 0 saturated carbocycles. The molecule has 1 amide bonds. The maximum absolute atomic E-state index is 12.5. The second-order valence-corrected chi connectivity index (χ2v) is 6.94. The minimum absolute atomic E-state index is 0.200. The van der Waals surface area contributed by atoms with Gasteiger partial charge in [0.25, 0.3) is 0 Å². The molecule has 25 heavy (non-hydrogen) atoms. The maximum Gasteiger partial charge on any atom is 0.228 e. The zero-order chi connectivity index (χ0) is 17.1. The molecule has 2 heterocycles. The van der Waals surface area contributed by atoms with E-state index in [1.807, 2.05) is 0 Å². The second kappa shape index (κ2) is 7.38. The van der Waals surface area contributed by atoms with Crippen LogP contribution in [-0.4, -0.2) is 55.0 Å². The fourth-order valence-electron chi connectivity index (χ4n) is 3.81. The zero-order valence-electron chi connectivity index (χ0n) is 14.5. The van der Waals surface area contributed by atoms with Crippen molar-refractivity contribution in [3.63, 3.8) is 0 Å². The van der Waals surface area contributed by atoms with Crippen molar-refractivity contribution in [1.29, 1.82) is 0 Å². The first-order chi connectivity index (χ1) is 12.3. The normalized spacial score (nSPS) is 19.0. The van der Waals surface area contributed by atoms with Crippen molar-refractivity contribution in [3.8, 4) is 0 Å². The van der Waals surface area contributed by atoms with E-state index in [0.29, 0.717) is 5.91 Å². The summed E-state index contributed by atoms with van der Waals surface area (Å²) in [6.45, 7) is 5.17. The smallest absolute Gasteiger partial charge is 0.228 e. The van der Waals surface area contributed by atoms with Crippen molar-refractivity contribution >= 4 is 5.91 Å². The average molecular weight is 335 g/mol. The molecule has 1 N–H and O–H groups in total. The van der Waals surface area contributed by atoms with Gasteiger partial charge in [-0.3, -0.25) is 9.69 Å². The van der Waals surface area contributed by atoms with E-state index in [4.69, 9.17) is 0 Å². The number of nitrogens with one attached hydrogen (secondary N) is 1. The van der Waals surface area contributed by atoms with Gasteiger partial charge in [0.2, 0.25) is 5.91 Å². The lowest BCUT2D eigenvalue weighted by Gasteiger charge is -2.41. The SMILES string of the molecule is O=C(C1CNC1)N1CCN(C(c2ccccc2)c2ccccc2)CC1. The lowest BCUT2D eigenvalue weighted by atomic mass is 9.96. The molecule has 2 aromatic rings. The number of carbonyl (C=O) groups is 1. The molecule has 4 rings (SSSR count). The van der Waals surface area contributed by atoms with Gasteiger partial charge in [0.15, 0.2) is 0 Å². The van der Waals surface area contributed by atoms with Crippen molar-refractivity contribution in [3.05, 3.63) is 71.8 Å². The van der Waals surface area contributed by atoms with Crippen LogP contribution in [0.15, 0.2) is 60.7 Å². The molecule has 0 radical (unpaired) electrons. The third-order valence-corrected chi connectivity index (χ3v) is 5.35. The van der Waals surface area contributed by atoms with Crippen LogP contribution in [0, 0.1) is 5.92 Å². The average Bonchev–Trinajstić information content (AvgIpc) is 2.63. The van der Waals surface area contributed by atoms with Crippen LogP contribution in [0.2, 0.25) is 0 Å². The van der Waals surface area contributed by atoms with Crippen molar-refractivity contribution < 1.29 is 4.79 Å². The van der Waals surface area contributed by atoms with Gasteiger partial charge in [-0.05, 0) is 11.1 Å². The number of nitrogens with zero attached hydrogens (tertiary/aromatic N) is 2. The van der Waals surface area contributed by atoms with Crippen molar-refractivity contribution in [2.45, 2.75) is 6.04 Å². The molecule has 2 aromatic carbocycles. The lowest BCUT2D eigenvalue weighted by molar-refractivity contribution is -0.139. The van der Waals surface area contributed by atoms with E-state index in [9.17, 15) is 4.79 Å². The van der Waals surface area contributed by atoms with Crippen molar-refractivity contribution in [1.82, 2.24) is 15.1 Å². The third kappa shape index (κ3) is 3.46. The number of piperazine rings is 1.